The number of rotatable bonds is 8. The largest absolute Gasteiger partial charge is 0.507 e. The number of hydrogen-bond donors (Lipinski definition) is 2. The van der Waals surface area contributed by atoms with E-state index in [1.165, 1.54) is 12.1 Å². The zero-order valence-electron chi connectivity index (χ0n) is 24.2. The van der Waals surface area contributed by atoms with Crippen LogP contribution in [-0.2, 0) is 25.1 Å². The van der Waals surface area contributed by atoms with Gasteiger partial charge in [-0.25, -0.2) is 4.79 Å². The monoisotopic (exact) mass is 555 g/mol. The number of ether oxygens (including phenoxy) is 2. The molecule has 1 fully saturated rings. The summed E-state index contributed by atoms with van der Waals surface area (Å²) in [5.41, 5.74) is 0.906. The number of fused-ring (bicyclic) bond motifs is 3. The fourth-order valence-corrected chi connectivity index (χ4v) is 6.12. The molecular formula is C31H45NO6Si. The van der Waals surface area contributed by atoms with Crippen molar-refractivity contribution in [2.45, 2.75) is 109 Å². The first-order valence-electron chi connectivity index (χ1n) is 14.0. The molecule has 1 aromatic carbocycles. The molecule has 1 amide bonds. The predicted octanol–water partition coefficient (Wildman–Crippen LogP) is 6.34. The van der Waals surface area contributed by atoms with Crippen molar-refractivity contribution in [2.24, 2.45) is 0 Å². The summed E-state index contributed by atoms with van der Waals surface area (Å²) >= 11 is 0. The van der Waals surface area contributed by atoms with Crippen LogP contribution in [-0.4, -0.2) is 49.7 Å². The van der Waals surface area contributed by atoms with Gasteiger partial charge in [-0.2, -0.15) is 0 Å². The Morgan fingerprint density at radius 1 is 1.15 bits per heavy atom. The predicted molar refractivity (Wildman–Crippen MR) is 156 cm³/mol. The standard InChI is InChI=1S/C31H45NO6Si/c1-7-8-9-10-16-28(34)32-17-12-14-23-19-25-21-26(38-39(5,6)31(2,3)4)20-24(36-25)18-22-13-11-15-27(33)29(22)30(35)37-23/h8-13,15-17,23-26,33H,7,14,18-21H2,1-6H3,(H,32,34)/b9-8-,16-10-,17-12+/t23-,24-,25-,26+/m0/s1. The number of allylic oxidation sites excluding steroid dienone is 3. The van der Waals surface area contributed by atoms with Crippen LogP contribution in [0.5, 0.6) is 5.75 Å². The number of esters is 1. The lowest BCUT2D eigenvalue weighted by atomic mass is 9.91. The maximum atomic E-state index is 13.2. The highest BCUT2D eigenvalue weighted by Gasteiger charge is 2.42. The van der Waals surface area contributed by atoms with E-state index in [0.29, 0.717) is 24.8 Å². The molecule has 2 bridgehead atoms. The smallest absolute Gasteiger partial charge is 0.342 e. The molecule has 2 aliphatic heterocycles. The molecule has 214 valence electrons. The summed E-state index contributed by atoms with van der Waals surface area (Å²) < 4.78 is 19.3. The molecule has 2 aliphatic rings. The van der Waals surface area contributed by atoms with Gasteiger partial charge in [-0.05, 0) is 55.4 Å². The minimum absolute atomic E-state index is 0.0505. The molecule has 0 saturated carbocycles. The number of carbonyl (C=O) groups is 2. The van der Waals surface area contributed by atoms with Crippen molar-refractivity contribution in [1.29, 1.82) is 0 Å². The summed E-state index contributed by atoms with van der Waals surface area (Å²) in [6.07, 6.45) is 13.4. The molecule has 2 heterocycles. The molecule has 0 unspecified atom stereocenters. The molecule has 4 atom stereocenters. The van der Waals surface area contributed by atoms with Gasteiger partial charge >= 0.3 is 5.97 Å². The van der Waals surface area contributed by atoms with E-state index in [1.54, 1.807) is 24.4 Å². The number of benzene rings is 1. The van der Waals surface area contributed by atoms with Crippen LogP contribution in [0.1, 0.15) is 75.7 Å². The van der Waals surface area contributed by atoms with Gasteiger partial charge < -0.3 is 24.3 Å². The Kier molecular flexibility index (Phi) is 10.8. The maximum Gasteiger partial charge on any atom is 0.342 e. The molecule has 0 aromatic heterocycles. The van der Waals surface area contributed by atoms with Gasteiger partial charge in [0.15, 0.2) is 8.32 Å². The molecule has 0 spiro atoms. The van der Waals surface area contributed by atoms with Crippen LogP contribution in [0.2, 0.25) is 18.1 Å². The van der Waals surface area contributed by atoms with Gasteiger partial charge in [-0.15, -0.1) is 0 Å². The fourth-order valence-electron chi connectivity index (χ4n) is 4.74. The number of phenols is 1. The SMILES string of the molecule is CC/C=C\C=C/C(=O)N/C=C/C[C@H]1C[C@H]2C[C@H](O[Si](C)(C)C(C)(C)C)C[C@H](Cc3cccc(O)c3C(=O)O1)O2. The van der Waals surface area contributed by atoms with Crippen LogP contribution in [0, 0.1) is 0 Å². The second-order valence-electron chi connectivity index (χ2n) is 12.0. The van der Waals surface area contributed by atoms with Crippen molar-refractivity contribution in [3.05, 3.63) is 65.9 Å². The van der Waals surface area contributed by atoms with Crippen LogP contribution >= 0.6 is 0 Å². The molecular weight excluding hydrogens is 510 g/mol. The summed E-state index contributed by atoms with van der Waals surface area (Å²) in [5.74, 6) is -0.868. The maximum absolute atomic E-state index is 13.2. The Hall–Kier alpha value is -2.68. The Morgan fingerprint density at radius 2 is 1.90 bits per heavy atom. The number of phenolic OH excluding ortho intramolecular Hbond substituents is 1. The van der Waals surface area contributed by atoms with E-state index in [1.807, 2.05) is 25.1 Å². The van der Waals surface area contributed by atoms with E-state index in [4.69, 9.17) is 13.9 Å². The van der Waals surface area contributed by atoms with Gasteiger partial charge in [0.1, 0.15) is 17.4 Å². The normalized spacial score (nSPS) is 24.6. The summed E-state index contributed by atoms with van der Waals surface area (Å²) in [7, 11) is -1.99. The molecule has 1 aromatic rings. The lowest BCUT2D eigenvalue weighted by molar-refractivity contribution is -0.115. The summed E-state index contributed by atoms with van der Waals surface area (Å²) in [6.45, 7) is 13.3. The number of cyclic esters (lactones) is 1. The van der Waals surface area contributed by atoms with Gasteiger partial charge in [0, 0.05) is 31.2 Å². The third-order valence-electron chi connectivity index (χ3n) is 7.76. The molecule has 0 aliphatic carbocycles. The van der Waals surface area contributed by atoms with Crippen LogP contribution in [0.4, 0.5) is 0 Å². The van der Waals surface area contributed by atoms with E-state index in [2.05, 4.69) is 39.2 Å². The molecule has 7 nitrogen and oxygen atoms in total. The topological polar surface area (TPSA) is 94.1 Å². The highest BCUT2D eigenvalue weighted by molar-refractivity contribution is 6.74. The quantitative estimate of drug-likeness (QED) is 0.168. The zero-order chi connectivity index (χ0) is 28.6. The summed E-state index contributed by atoms with van der Waals surface area (Å²) in [4.78, 5) is 25.2. The number of hydrogen-bond acceptors (Lipinski definition) is 6. The van der Waals surface area contributed by atoms with Crippen molar-refractivity contribution in [3.63, 3.8) is 0 Å². The van der Waals surface area contributed by atoms with Gasteiger partial charge in [0.25, 0.3) is 0 Å². The number of carbonyl (C=O) groups excluding carboxylic acids is 2. The molecule has 1 saturated heterocycles. The highest BCUT2D eigenvalue weighted by atomic mass is 28.4. The Bertz CT molecular complexity index is 1090. The van der Waals surface area contributed by atoms with Crippen molar-refractivity contribution in [1.82, 2.24) is 5.32 Å². The average molecular weight is 556 g/mol. The van der Waals surface area contributed by atoms with Crippen LogP contribution in [0.15, 0.2) is 54.8 Å². The molecule has 39 heavy (non-hydrogen) atoms. The van der Waals surface area contributed by atoms with Crippen LogP contribution in [0.25, 0.3) is 0 Å². The Labute approximate surface area is 234 Å². The summed E-state index contributed by atoms with van der Waals surface area (Å²) in [6, 6.07) is 5.10. The van der Waals surface area contributed by atoms with Gasteiger partial charge in [0.2, 0.25) is 5.91 Å². The van der Waals surface area contributed by atoms with Crippen molar-refractivity contribution < 1.29 is 28.6 Å². The van der Waals surface area contributed by atoms with E-state index in [0.717, 1.165) is 19.3 Å². The summed E-state index contributed by atoms with van der Waals surface area (Å²) in [5, 5.41) is 13.4. The van der Waals surface area contributed by atoms with Crippen molar-refractivity contribution in [3.8, 4) is 5.75 Å². The van der Waals surface area contributed by atoms with E-state index >= 15 is 0 Å². The minimum Gasteiger partial charge on any atom is -0.507 e. The molecule has 3 rings (SSSR count). The molecule has 0 radical (unpaired) electrons. The molecule has 8 heteroatoms. The Morgan fingerprint density at radius 3 is 2.62 bits per heavy atom. The lowest BCUT2D eigenvalue weighted by Gasteiger charge is -2.44. The van der Waals surface area contributed by atoms with Crippen molar-refractivity contribution in [2.75, 3.05) is 0 Å². The Balaban J connectivity index is 1.79. The van der Waals surface area contributed by atoms with E-state index in [-0.39, 0.29) is 40.6 Å². The first-order valence-corrected chi connectivity index (χ1v) is 16.9. The second-order valence-corrected chi connectivity index (χ2v) is 16.7. The van der Waals surface area contributed by atoms with Gasteiger partial charge in [0.05, 0.1) is 12.2 Å². The average Bonchev–Trinajstić information content (AvgIpc) is 2.83. The first-order chi connectivity index (χ1) is 18.4. The highest BCUT2D eigenvalue weighted by Crippen LogP contribution is 2.40. The lowest BCUT2D eigenvalue weighted by Crippen LogP contribution is -2.48. The zero-order valence-corrected chi connectivity index (χ0v) is 25.2. The van der Waals surface area contributed by atoms with Crippen molar-refractivity contribution >= 4 is 20.2 Å². The van der Waals surface area contributed by atoms with Gasteiger partial charge in [-0.1, -0.05) is 64.1 Å². The molecule has 2 N–H and O–H groups in total. The van der Waals surface area contributed by atoms with E-state index in [9.17, 15) is 14.7 Å². The van der Waals surface area contributed by atoms with E-state index < -0.39 is 20.4 Å². The first kappa shape index (κ1) is 30.9. The number of amides is 1. The minimum atomic E-state index is -1.99. The number of aromatic hydroxyl groups is 1. The van der Waals surface area contributed by atoms with Gasteiger partial charge in [-0.3, -0.25) is 4.79 Å². The van der Waals surface area contributed by atoms with Crippen LogP contribution in [0.3, 0.4) is 0 Å². The third kappa shape index (κ3) is 8.91. The fraction of sp³-hybridized carbons (Fsp3) is 0.548. The third-order valence-corrected chi connectivity index (χ3v) is 12.3. The number of nitrogens with one attached hydrogen (secondary N) is 1. The van der Waals surface area contributed by atoms with Crippen LogP contribution < -0.4 is 5.32 Å². The second kappa shape index (κ2) is 13.6.